The molecule has 0 aliphatic rings. The molecule has 0 aliphatic carbocycles. The number of hydrogen-bond donors (Lipinski definition) is 0. The third kappa shape index (κ3) is 25.7. The molecule has 0 N–H and O–H groups in total. The van der Waals surface area contributed by atoms with Crippen molar-refractivity contribution < 1.29 is 35.3 Å². The first-order valence-electron chi connectivity index (χ1n) is 34.1. The normalized spacial score (nSPS) is 10.6. The molecule has 0 saturated carbocycles. The molecule has 0 amide bonds. The third-order valence-electron chi connectivity index (χ3n) is 18.7. The van der Waals surface area contributed by atoms with Gasteiger partial charge in [0.05, 0.1) is 37.6 Å². The highest BCUT2D eigenvalue weighted by molar-refractivity contribution is 5.34. The maximum absolute atomic E-state index is 12.6. The Hall–Kier alpha value is -7.27. The fourth-order valence-electron chi connectivity index (χ4n) is 10.4. The molecule has 0 aromatic carbocycles. The maximum atomic E-state index is 12.6. The molecule has 10 rings (SSSR count). The van der Waals surface area contributed by atoms with E-state index in [0.29, 0.717) is 35.2 Å². The molecule has 0 atom stereocenters. The monoisotopic (exact) mass is 1310 g/mol. The molecule has 0 saturated heterocycles. The smallest absolute Gasteiger partial charge is 0.164 e. The van der Waals surface area contributed by atoms with Crippen molar-refractivity contribution in [2.75, 3.05) is 0 Å². The van der Waals surface area contributed by atoms with Crippen LogP contribution in [-0.4, -0.2) is 13.7 Å². The predicted octanol–water partition coefficient (Wildman–Crippen LogP) is 26.0. The first kappa shape index (κ1) is 85.7. The van der Waals surface area contributed by atoms with E-state index < -0.39 is 0 Å². The largest absolute Gasteiger partial charge is 0.469 e. The van der Waals surface area contributed by atoms with Crippen LogP contribution in [-0.2, 0) is 21.1 Å². The van der Waals surface area contributed by atoms with Crippen LogP contribution in [0.5, 0.6) is 0 Å². The molecule has 10 aromatic rings. The summed E-state index contributed by atoms with van der Waals surface area (Å²) < 4.78 is 55.3. The fraction of sp³-hybridized carbons (Fsp3) is 0.524. The zero-order valence-electron chi connectivity index (χ0n) is 66.8. The van der Waals surface area contributed by atoms with Gasteiger partial charge < -0.3 is 44.6 Å². The molecule has 0 unspecified atom stereocenters. The highest BCUT2D eigenvalue weighted by atomic mass is 19.1. The van der Waals surface area contributed by atoms with Crippen LogP contribution in [0.3, 0.4) is 0 Å². The summed E-state index contributed by atoms with van der Waals surface area (Å²) in [7, 11) is 6.30. The van der Waals surface area contributed by atoms with Crippen molar-refractivity contribution in [3.05, 3.63) is 231 Å². The Morgan fingerprint density at radius 3 is 0.674 bits per heavy atom. The number of aromatic nitrogens is 3. The zero-order chi connectivity index (χ0) is 73.5. The first-order valence-corrected chi connectivity index (χ1v) is 34.1. The highest BCUT2D eigenvalue weighted by Gasteiger charge is 2.14. The third-order valence-corrected chi connectivity index (χ3v) is 18.7. The molecule has 0 fully saturated rings. The lowest BCUT2D eigenvalue weighted by Gasteiger charge is -2.08. The number of halogens is 1. The quantitative estimate of drug-likeness (QED) is 0.163. The van der Waals surface area contributed by atoms with Gasteiger partial charge in [0.2, 0.25) is 0 Å². The minimum Gasteiger partial charge on any atom is -0.469 e. The number of hydrogen-bond acceptors (Lipinski definition) is 7. The molecule has 0 radical (unpaired) electrons. The molecule has 10 heterocycles. The first-order chi connectivity index (χ1) is 43.8. The summed E-state index contributed by atoms with van der Waals surface area (Å²) in [4.78, 5) is 0. The lowest BCUT2D eigenvalue weighted by atomic mass is 10.0. The van der Waals surface area contributed by atoms with Crippen LogP contribution in [0.2, 0.25) is 0 Å². The molecule has 11 heteroatoms. The number of rotatable bonds is 6. The minimum atomic E-state index is -0.247. The lowest BCUT2D eigenvalue weighted by Crippen LogP contribution is -1.98. The zero-order valence-corrected chi connectivity index (χ0v) is 66.8. The number of aryl methyl sites for hydroxylation is 14. The second-order valence-corrected chi connectivity index (χ2v) is 27.9. The Kier molecular flexibility index (Phi) is 35.8. The van der Waals surface area contributed by atoms with E-state index in [1.807, 2.05) is 88.0 Å². The van der Waals surface area contributed by atoms with E-state index in [2.05, 4.69) is 220 Å². The maximum Gasteiger partial charge on any atom is 0.164 e. The summed E-state index contributed by atoms with van der Waals surface area (Å²) in [6.45, 7) is 73.5. The van der Waals surface area contributed by atoms with Gasteiger partial charge in [0.1, 0.15) is 46.6 Å². The summed E-state index contributed by atoms with van der Waals surface area (Å²) in [5.74, 6) is 10.0. The highest BCUT2D eigenvalue weighted by Crippen LogP contribution is 2.28. The number of nitrogens with zero attached hydrogens (tertiary/aromatic N) is 3. The van der Waals surface area contributed by atoms with E-state index in [0.717, 1.165) is 46.6 Å². The van der Waals surface area contributed by atoms with Gasteiger partial charge in [-0.2, -0.15) is 0 Å². The molecule has 0 aliphatic heterocycles. The molecule has 0 spiro atoms. The van der Waals surface area contributed by atoms with Crippen molar-refractivity contribution in [1.82, 2.24) is 13.7 Å². The topological polar surface area (TPSA) is 107 Å². The van der Waals surface area contributed by atoms with Crippen LogP contribution in [0.25, 0.3) is 0 Å². The van der Waals surface area contributed by atoms with Crippen LogP contribution in [0.15, 0.2) is 93.4 Å². The van der Waals surface area contributed by atoms with Crippen LogP contribution in [0, 0.1) is 165 Å². The van der Waals surface area contributed by atoms with Gasteiger partial charge in [0.25, 0.3) is 0 Å². The van der Waals surface area contributed by atoms with Crippen LogP contribution >= 0.6 is 0 Å². The van der Waals surface area contributed by atoms with E-state index in [4.69, 9.17) is 30.9 Å². The van der Waals surface area contributed by atoms with Gasteiger partial charge in [-0.3, -0.25) is 0 Å². The van der Waals surface area contributed by atoms with Crippen LogP contribution in [0.1, 0.15) is 282 Å². The minimum absolute atomic E-state index is 0.247. The summed E-state index contributed by atoms with van der Waals surface area (Å²) >= 11 is 0. The van der Waals surface area contributed by atoms with Gasteiger partial charge in [-0.05, 0) is 283 Å². The molecule has 10 aromatic heterocycles. The van der Waals surface area contributed by atoms with Gasteiger partial charge in [-0.15, -0.1) is 0 Å². The molecule has 10 nitrogen and oxygen atoms in total. The Bertz CT molecular complexity index is 3450. The second-order valence-electron chi connectivity index (χ2n) is 27.9. The van der Waals surface area contributed by atoms with Gasteiger partial charge in [-0.25, -0.2) is 4.39 Å². The van der Waals surface area contributed by atoms with Gasteiger partial charge >= 0.3 is 0 Å². The average molecular weight is 1310 g/mol. The Labute approximate surface area is 576 Å². The summed E-state index contributed by atoms with van der Waals surface area (Å²) in [6.07, 6.45) is 18.6. The van der Waals surface area contributed by atoms with Crippen LogP contribution in [0.4, 0.5) is 4.39 Å². The second kappa shape index (κ2) is 39.7. The Morgan fingerprint density at radius 2 is 0.547 bits per heavy atom. The predicted molar refractivity (Wildman–Crippen MR) is 401 cm³/mol. The molecular weight excluding hydrogens is 1180 g/mol. The van der Waals surface area contributed by atoms with E-state index in [1.54, 1.807) is 25.7 Å². The molecule has 0 bridgehead atoms. The van der Waals surface area contributed by atoms with Crippen molar-refractivity contribution >= 4 is 0 Å². The van der Waals surface area contributed by atoms with E-state index >= 15 is 0 Å². The van der Waals surface area contributed by atoms with Gasteiger partial charge in [0.15, 0.2) is 5.82 Å². The van der Waals surface area contributed by atoms with Gasteiger partial charge in [-0.1, -0.05) is 83.1 Å². The molecule has 95 heavy (non-hydrogen) atoms. The van der Waals surface area contributed by atoms with E-state index in [1.165, 1.54) is 117 Å². The molecule has 530 valence electrons. The number of furan rings is 7. The SMILES string of the molecule is Cc1c(C(C)C)cn(C)c1C.Cc1c(F)coc1C(C)C.Cc1cn(C)c(C(C)C)c1C.Cc1cn(C)c(C)c1C.Cc1coc(C(C)C)c1C.Cc1coc(C)c1C.Cc1coc(C)c1C.Cc1coc(C)c1C.Cc1occ(C(C)C)c1C.Cc1occ(C(C)C)c1C. The molecular formula is C84H130FN3O7. The fourth-order valence-corrected chi connectivity index (χ4v) is 10.4. The van der Waals surface area contributed by atoms with Gasteiger partial charge in [0, 0.05) is 74.2 Å². The Balaban J connectivity index is 0.000000529. The lowest BCUT2D eigenvalue weighted by molar-refractivity contribution is 0.474. The Morgan fingerprint density at radius 1 is 0.253 bits per heavy atom. The summed E-state index contributed by atoms with van der Waals surface area (Å²) in [5, 5.41) is 0. The standard InChI is InChI=1S/2C10H17N.3C9H14O.C8H11FO.C8H13N.3C7H10O/c1-7(2)10-6-11(5)9(4)8(10)3;1-7(2)10-9(4)8(3)6-11(10)5;2*1-6(2)9-5-10-8(4)7(9)3;1-6(2)9-8(4)7(3)5-10-9;1-5(2)8-6(3)7(9)4-10-8;1-6-5-9(4)8(3)7(6)2;3*1-5-4-8-7(3)6(5)2/h2*6-7H,1-5H3;3*5-6H,1-4H3;4-5H,1-3H3;5H,1-4H3;3*4H,1-3H3. The summed E-state index contributed by atoms with van der Waals surface area (Å²) in [5.41, 5.74) is 28.8. The average Bonchev–Trinajstić information content (AvgIpc) is 1.71. The van der Waals surface area contributed by atoms with Crippen molar-refractivity contribution in [1.29, 1.82) is 0 Å². The van der Waals surface area contributed by atoms with E-state index in [9.17, 15) is 4.39 Å². The van der Waals surface area contributed by atoms with Crippen molar-refractivity contribution in [3.8, 4) is 0 Å². The van der Waals surface area contributed by atoms with Crippen molar-refractivity contribution in [2.45, 2.75) is 278 Å². The van der Waals surface area contributed by atoms with Crippen molar-refractivity contribution in [2.24, 2.45) is 21.1 Å². The van der Waals surface area contributed by atoms with Crippen molar-refractivity contribution in [3.63, 3.8) is 0 Å². The van der Waals surface area contributed by atoms with Crippen LogP contribution < -0.4 is 0 Å². The summed E-state index contributed by atoms with van der Waals surface area (Å²) in [6, 6.07) is 0. The van der Waals surface area contributed by atoms with E-state index in [-0.39, 0.29) is 11.7 Å².